The third-order valence-corrected chi connectivity index (χ3v) is 18.7. The second kappa shape index (κ2) is 73.3. The average Bonchev–Trinajstić information content (AvgIpc) is 3.48. The molecule has 0 aromatic carbocycles. The predicted molar refractivity (Wildman–Crippen MR) is 366 cm³/mol. The standard InChI is InChI=1S/C77H153NO5/c1-3-5-7-9-11-13-15-17-19-20-21-33-36-39-42-45-49-53-57-61-65-69-75(80)74(73-79)78-76(81)70-66-62-58-54-50-46-43-40-37-34-31-29-27-25-23-22-24-26-28-30-32-35-38-41-44-48-52-56-60-64-68-72-83-77(82)71-67-63-59-55-51-47-18-16-14-12-10-8-6-4-2/h74-75,79-80H,3-73H2,1-2H3,(H,78,81). The van der Waals surface area contributed by atoms with Gasteiger partial charge in [0.2, 0.25) is 5.91 Å². The van der Waals surface area contributed by atoms with Crippen LogP contribution < -0.4 is 5.32 Å². The van der Waals surface area contributed by atoms with Gasteiger partial charge in [-0.15, -0.1) is 0 Å². The highest BCUT2D eigenvalue weighted by molar-refractivity contribution is 5.76. The van der Waals surface area contributed by atoms with E-state index in [-0.39, 0.29) is 18.5 Å². The van der Waals surface area contributed by atoms with Gasteiger partial charge >= 0.3 is 5.97 Å². The van der Waals surface area contributed by atoms with Crippen molar-refractivity contribution in [2.45, 2.75) is 469 Å². The Morgan fingerprint density at radius 2 is 0.494 bits per heavy atom. The Hall–Kier alpha value is -1.14. The number of aliphatic hydroxyl groups excluding tert-OH is 2. The predicted octanol–water partition coefficient (Wildman–Crippen LogP) is 25.3. The first-order valence-electron chi connectivity index (χ1n) is 38.8. The van der Waals surface area contributed by atoms with E-state index in [0.717, 1.165) is 38.5 Å². The Balaban J connectivity index is 3.32. The van der Waals surface area contributed by atoms with Crippen LogP contribution in [0.4, 0.5) is 0 Å². The summed E-state index contributed by atoms with van der Waals surface area (Å²) in [7, 11) is 0. The van der Waals surface area contributed by atoms with Crippen LogP contribution in [0.3, 0.4) is 0 Å². The van der Waals surface area contributed by atoms with Crippen LogP contribution in [-0.2, 0) is 14.3 Å². The van der Waals surface area contributed by atoms with Crippen LogP contribution in [-0.4, -0.2) is 47.4 Å². The molecule has 0 aliphatic rings. The number of carbonyl (C=O) groups excluding carboxylic acids is 2. The molecule has 83 heavy (non-hydrogen) atoms. The summed E-state index contributed by atoms with van der Waals surface area (Å²) in [6.07, 6.45) is 90.4. The van der Waals surface area contributed by atoms with Crippen LogP contribution in [0, 0.1) is 0 Å². The third-order valence-electron chi connectivity index (χ3n) is 18.7. The van der Waals surface area contributed by atoms with Gasteiger partial charge in [-0.25, -0.2) is 0 Å². The van der Waals surface area contributed by atoms with Gasteiger partial charge in [0, 0.05) is 12.8 Å². The van der Waals surface area contributed by atoms with Crippen molar-refractivity contribution in [1.29, 1.82) is 0 Å². The minimum atomic E-state index is -0.661. The molecule has 2 unspecified atom stereocenters. The van der Waals surface area contributed by atoms with Crippen LogP contribution in [0.5, 0.6) is 0 Å². The maximum atomic E-state index is 12.6. The van der Waals surface area contributed by atoms with Crippen molar-refractivity contribution < 1.29 is 24.5 Å². The smallest absolute Gasteiger partial charge is 0.305 e. The lowest BCUT2D eigenvalue weighted by molar-refractivity contribution is -0.143. The third kappa shape index (κ3) is 69.8. The first kappa shape index (κ1) is 81.9. The van der Waals surface area contributed by atoms with Crippen molar-refractivity contribution in [3.8, 4) is 0 Å². The molecular formula is C77H153NO5. The second-order valence-corrected chi connectivity index (χ2v) is 27.1. The molecule has 0 aromatic rings. The summed E-state index contributed by atoms with van der Waals surface area (Å²) >= 11 is 0. The van der Waals surface area contributed by atoms with Crippen molar-refractivity contribution in [3.05, 3.63) is 0 Å². The fourth-order valence-electron chi connectivity index (χ4n) is 12.8. The highest BCUT2D eigenvalue weighted by Gasteiger charge is 2.20. The number of esters is 1. The molecule has 0 rings (SSSR count). The highest BCUT2D eigenvalue weighted by Crippen LogP contribution is 2.20. The van der Waals surface area contributed by atoms with E-state index in [1.54, 1.807) is 0 Å². The monoisotopic (exact) mass is 1170 g/mol. The van der Waals surface area contributed by atoms with E-state index in [0.29, 0.717) is 25.9 Å². The molecule has 0 spiro atoms. The maximum absolute atomic E-state index is 12.6. The van der Waals surface area contributed by atoms with Gasteiger partial charge in [-0.05, 0) is 25.7 Å². The number of carbonyl (C=O) groups is 2. The fourth-order valence-corrected chi connectivity index (χ4v) is 12.8. The van der Waals surface area contributed by atoms with Gasteiger partial charge in [0.05, 0.1) is 25.4 Å². The summed E-state index contributed by atoms with van der Waals surface area (Å²) in [4.78, 5) is 24.6. The van der Waals surface area contributed by atoms with Gasteiger partial charge in [0.15, 0.2) is 0 Å². The zero-order valence-electron chi connectivity index (χ0n) is 57.0. The normalized spacial score (nSPS) is 12.4. The minimum absolute atomic E-state index is 0.0244. The molecule has 0 aliphatic carbocycles. The lowest BCUT2D eigenvalue weighted by Gasteiger charge is -2.22. The van der Waals surface area contributed by atoms with E-state index in [1.807, 2.05) is 0 Å². The molecule has 6 nitrogen and oxygen atoms in total. The van der Waals surface area contributed by atoms with Crippen LogP contribution in [0.1, 0.15) is 457 Å². The molecule has 0 radical (unpaired) electrons. The number of ether oxygens (including phenoxy) is 1. The Morgan fingerprint density at radius 1 is 0.289 bits per heavy atom. The molecule has 3 N–H and O–H groups in total. The summed E-state index contributed by atoms with van der Waals surface area (Å²) < 4.78 is 5.50. The summed E-state index contributed by atoms with van der Waals surface area (Å²) in [5, 5.41) is 23.4. The zero-order valence-corrected chi connectivity index (χ0v) is 57.0. The lowest BCUT2D eigenvalue weighted by atomic mass is 10.0. The first-order valence-corrected chi connectivity index (χ1v) is 38.8. The Kier molecular flexibility index (Phi) is 72.3. The van der Waals surface area contributed by atoms with Gasteiger partial charge in [0.25, 0.3) is 0 Å². The van der Waals surface area contributed by atoms with E-state index in [1.165, 1.54) is 385 Å². The molecule has 0 aromatic heterocycles. The van der Waals surface area contributed by atoms with Crippen LogP contribution in [0.15, 0.2) is 0 Å². The van der Waals surface area contributed by atoms with Gasteiger partial charge in [-0.1, -0.05) is 418 Å². The SMILES string of the molecule is CCCCCCCCCCCCCCCCCCCCCCCC(O)C(CO)NC(=O)CCCCCCCCCCCCCCCCCCCCCCCCCCCCCCCCCOC(=O)CCCCCCCCCCCCCCCC. The van der Waals surface area contributed by atoms with E-state index in [4.69, 9.17) is 4.74 Å². The quantitative estimate of drug-likeness (QED) is 0.0417. The molecule has 1 amide bonds. The van der Waals surface area contributed by atoms with Crippen molar-refractivity contribution in [3.63, 3.8) is 0 Å². The maximum Gasteiger partial charge on any atom is 0.305 e. The summed E-state index contributed by atoms with van der Waals surface area (Å²) in [5.74, 6) is -0.000339. The van der Waals surface area contributed by atoms with Crippen molar-refractivity contribution in [2.75, 3.05) is 13.2 Å². The Bertz CT molecular complexity index is 1210. The molecule has 0 saturated carbocycles. The highest BCUT2D eigenvalue weighted by atomic mass is 16.5. The van der Waals surface area contributed by atoms with Crippen molar-refractivity contribution in [2.24, 2.45) is 0 Å². The van der Waals surface area contributed by atoms with Crippen LogP contribution >= 0.6 is 0 Å². The minimum Gasteiger partial charge on any atom is -0.466 e. The number of hydrogen-bond donors (Lipinski definition) is 3. The summed E-state index contributed by atoms with van der Waals surface area (Å²) in [5.41, 5.74) is 0. The molecule has 0 aliphatic heterocycles. The number of rotatable bonds is 74. The van der Waals surface area contributed by atoms with E-state index in [9.17, 15) is 19.8 Å². The summed E-state index contributed by atoms with van der Waals surface area (Å²) in [6, 6.07) is -0.538. The number of aliphatic hydroxyl groups is 2. The number of amides is 1. The van der Waals surface area contributed by atoms with Gasteiger partial charge in [0.1, 0.15) is 0 Å². The fraction of sp³-hybridized carbons (Fsp3) is 0.974. The molecule has 0 saturated heterocycles. The van der Waals surface area contributed by atoms with E-state index < -0.39 is 12.1 Å². The Labute approximate surface area is 521 Å². The largest absolute Gasteiger partial charge is 0.466 e. The van der Waals surface area contributed by atoms with Crippen molar-refractivity contribution in [1.82, 2.24) is 5.32 Å². The van der Waals surface area contributed by atoms with E-state index in [2.05, 4.69) is 19.2 Å². The molecule has 0 fully saturated rings. The molecule has 2 atom stereocenters. The molecule has 496 valence electrons. The molecule has 6 heteroatoms. The number of unbranched alkanes of at least 4 members (excludes halogenated alkanes) is 63. The van der Waals surface area contributed by atoms with E-state index >= 15 is 0 Å². The van der Waals surface area contributed by atoms with Gasteiger partial charge in [-0.3, -0.25) is 9.59 Å². The van der Waals surface area contributed by atoms with Gasteiger partial charge < -0.3 is 20.3 Å². The summed E-state index contributed by atoms with van der Waals surface area (Å²) in [6.45, 7) is 5.02. The molecule has 0 heterocycles. The first-order chi connectivity index (χ1) is 41.0. The topological polar surface area (TPSA) is 95.9 Å². The molecule has 0 bridgehead atoms. The average molecular weight is 1170 g/mol. The Morgan fingerprint density at radius 3 is 0.735 bits per heavy atom. The zero-order chi connectivity index (χ0) is 59.9. The van der Waals surface area contributed by atoms with Crippen LogP contribution in [0.2, 0.25) is 0 Å². The lowest BCUT2D eigenvalue weighted by Crippen LogP contribution is -2.45. The second-order valence-electron chi connectivity index (χ2n) is 27.1. The number of hydrogen-bond acceptors (Lipinski definition) is 5. The van der Waals surface area contributed by atoms with Gasteiger partial charge in [-0.2, -0.15) is 0 Å². The number of nitrogens with one attached hydrogen (secondary N) is 1. The van der Waals surface area contributed by atoms with Crippen molar-refractivity contribution >= 4 is 11.9 Å². The van der Waals surface area contributed by atoms with Crippen LogP contribution in [0.25, 0.3) is 0 Å². The molecular weight excluding hydrogens is 1020 g/mol.